The van der Waals surface area contributed by atoms with E-state index in [4.69, 9.17) is 5.73 Å². The molecule has 22 heavy (non-hydrogen) atoms. The Bertz CT molecular complexity index is 631. The van der Waals surface area contributed by atoms with Gasteiger partial charge in [0.15, 0.2) is 0 Å². The highest BCUT2D eigenvalue weighted by molar-refractivity contribution is 7.88. The van der Waals surface area contributed by atoms with Crippen molar-refractivity contribution in [2.75, 3.05) is 6.54 Å². The first-order valence-corrected chi connectivity index (χ1v) is 8.36. The summed E-state index contributed by atoms with van der Waals surface area (Å²) in [5.41, 5.74) is 5.53. The molecule has 124 valence electrons. The molecule has 0 radical (unpaired) electrons. The number of sulfonamides is 1. The van der Waals surface area contributed by atoms with Gasteiger partial charge >= 0.3 is 0 Å². The number of nitrogens with zero attached hydrogens (tertiary/aromatic N) is 1. The van der Waals surface area contributed by atoms with E-state index in [2.05, 4.69) is 4.72 Å². The first-order chi connectivity index (χ1) is 9.76. The van der Waals surface area contributed by atoms with Crippen LogP contribution in [-0.2, 0) is 15.8 Å². The van der Waals surface area contributed by atoms with Crippen molar-refractivity contribution in [3.05, 3.63) is 39.9 Å². The maximum Gasteiger partial charge on any atom is 0.269 e. The van der Waals surface area contributed by atoms with Gasteiger partial charge < -0.3 is 5.73 Å². The smallest absolute Gasteiger partial charge is 0.269 e. The van der Waals surface area contributed by atoms with Crippen LogP contribution in [0.25, 0.3) is 0 Å². The van der Waals surface area contributed by atoms with Gasteiger partial charge in [-0.05, 0) is 31.2 Å². The molecule has 0 amide bonds. The highest BCUT2D eigenvalue weighted by Gasteiger charge is 2.42. The summed E-state index contributed by atoms with van der Waals surface area (Å²) in [6.45, 7) is 2.06. The van der Waals surface area contributed by atoms with Gasteiger partial charge in [-0.15, -0.1) is 12.4 Å². The summed E-state index contributed by atoms with van der Waals surface area (Å²) in [6, 6.07) is 5.50. The predicted molar refractivity (Wildman–Crippen MR) is 86.3 cm³/mol. The van der Waals surface area contributed by atoms with E-state index in [0.29, 0.717) is 5.56 Å². The van der Waals surface area contributed by atoms with Crippen molar-refractivity contribution < 1.29 is 13.3 Å². The largest absolute Gasteiger partial charge is 0.329 e. The van der Waals surface area contributed by atoms with Crippen molar-refractivity contribution in [3.8, 4) is 0 Å². The molecule has 1 saturated carbocycles. The minimum atomic E-state index is -3.54. The molecule has 0 bridgehead atoms. The number of non-ortho nitro benzene ring substituents is 1. The molecule has 1 aliphatic carbocycles. The maximum absolute atomic E-state index is 12.2. The molecule has 9 heteroatoms. The number of rotatable bonds is 7. The molecule has 1 atom stereocenters. The second-order valence-corrected chi connectivity index (χ2v) is 7.40. The SMILES string of the molecule is CC(CN)(NS(=O)(=O)Cc1ccc([N+](=O)[O-])cc1)C1CC1.Cl. The van der Waals surface area contributed by atoms with E-state index in [0.717, 1.165) is 12.8 Å². The van der Waals surface area contributed by atoms with Gasteiger partial charge in [0.2, 0.25) is 10.0 Å². The summed E-state index contributed by atoms with van der Waals surface area (Å²) in [5.74, 6) is 0.0713. The Labute approximate surface area is 135 Å². The molecule has 2 rings (SSSR count). The lowest BCUT2D eigenvalue weighted by atomic mass is 9.98. The van der Waals surface area contributed by atoms with Crippen LogP contribution in [0.5, 0.6) is 0 Å². The van der Waals surface area contributed by atoms with Crippen LogP contribution in [0.1, 0.15) is 25.3 Å². The van der Waals surface area contributed by atoms with Gasteiger partial charge in [0.1, 0.15) is 0 Å². The Morgan fingerprint density at radius 1 is 1.36 bits per heavy atom. The topological polar surface area (TPSA) is 115 Å². The maximum atomic E-state index is 12.2. The molecule has 0 aliphatic heterocycles. The number of halogens is 1. The van der Waals surface area contributed by atoms with Crippen LogP contribution in [0.15, 0.2) is 24.3 Å². The number of benzene rings is 1. The number of nitro benzene ring substituents is 1. The van der Waals surface area contributed by atoms with Crippen LogP contribution >= 0.6 is 12.4 Å². The monoisotopic (exact) mass is 349 g/mol. The van der Waals surface area contributed by atoms with Crippen LogP contribution < -0.4 is 10.5 Å². The summed E-state index contributed by atoms with van der Waals surface area (Å²) < 4.78 is 27.1. The van der Waals surface area contributed by atoms with Gasteiger partial charge in [0.25, 0.3) is 5.69 Å². The van der Waals surface area contributed by atoms with E-state index in [1.807, 2.05) is 6.92 Å². The molecular formula is C13H20ClN3O4S. The van der Waals surface area contributed by atoms with Crippen molar-refractivity contribution in [1.82, 2.24) is 4.72 Å². The third kappa shape index (κ3) is 4.64. The number of nitrogens with two attached hydrogens (primary N) is 1. The normalized spacial score (nSPS) is 17.4. The summed E-state index contributed by atoms with van der Waals surface area (Å²) in [5, 5.41) is 10.6. The van der Waals surface area contributed by atoms with Gasteiger partial charge in [-0.2, -0.15) is 0 Å². The van der Waals surface area contributed by atoms with E-state index in [-0.39, 0.29) is 36.3 Å². The Balaban J connectivity index is 0.00000242. The Hall–Kier alpha value is -1.22. The summed E-state index contributed by atoms with van der Waals surface area (Å²) in [7, 11) is -3.54. The summed E-state index contributed by atoms with van der Waals surface area (Å²) >= 11 is 0. The average Bonchev–Trinajstić information content (AvgIpc) is 3.22. The first kappa shape index (κ1) is 18.8. The number of hydrogen-bond donors (Lipinski definition) is 2. The van der Waals surface area contributed by atoms with Crippen molar-refractivity contribution in [2.24, 2.45) is 11.7 Å². The fourth-order valence-corrected chi connectivity index (χ4v) is 4.00. The van der Waals surface area contributed by atoms with Gasteiger partial charge in [-0.1, -0.05) is 12.1 Å². The second-order valence-electron chi connectivity index (χ2n) is 5.68. The lowest BCUT2D eigenvalue weighted by molar-refractivity contribution is -0.384. The van der Waals surface area contributed by atoms with Gasteiger partial charge in [-0.3, -0.25) is 10.1 Å². The van der Waals surface area contributed by atoms with Crippen LogP contribution in [0.3, 0.4) is 0 Å². The van der Waals surface area contributed by atoms with E-state index in [9.17, 15) is 18.5 Å². The fourth-order valence-electron chi connectivity index (χ4n) is 2.34. The zero-order valence-corrected chi connectivity index (χ0v) is 13.8. The van der Waals surface area contributed by atoms with E-state index >= 15 is 0 Å². The third-order valence-electron chi connectivity index (χ3n) is 3.79. The fraction of sp³-hybridized carbons (Fsp3) is 0.538. The molecule has 0 heterocycles. The lowest BCUT2D eigenvalue weighted by Gasteiger charge is -2.29. The molecule has 0 aromatic heterocycles. The third-order valence-corrected chi connectivity index (χ3v) is 5.29. The lowest BCUT2D eigenvalue weighted by Crippen LogP contribution is -2.53. The Kier molecular flexibility index (Phi) is 5.91. The number of nitrogens with one attached hydrogen (secondary N) is 1. The average molecular weight is 350 g/mol. The summed E-state index contributed by atoms with van der Waals surface area (Å²) in [6.07, 6.45) is 1.96. The Morgan fingerprint density at radius 2 is 1.91 bits per heavy atom. The molecule has 1 aromatic rings. The van der Waals surface area contributed by atoms with Crippen LogP contribution in [-0.4, -0.2) is 25.4 Å². The van der Waals surface area contributed by atoms with Gasteiger partial charge in [0.05, 0.1) is 10.7 Å². The highest BCUT2D eigenvalue weighted by atomic mass is 35.5. The second kappa shape index (κ2) is 6.91. The van der Waals surface area contributed by atoms with Crippen molar-refractivity contribution >= 4 is 28.1 Å². The molecule has 1 fully saturated rings. The van der Waals surface area contributed by atoms with E-state index in [1.165, 1.54) is 24.3 Å². The summed E-state index contributed by atoms with van der Waals surface area (Å²) in [4.78, 5) is 10.0. The minimum absolute atomic E-state index is 0. The number of nitro groups is 1. The van der Waals surface area contributed by atoms with Crippen molar-refractivity contribution in [1.29, 1.82) is 0 Å². The zero-order chi connectivity index (χ0) is 15.7. The van der Waals surface area contributed by atoms with E-state index in [1.54, 1.807) is 0 Å². The number of hydrogen-bond acceptors (Lipinski definition) is 5. The quantitative estimate of drug-likeness (QED) is 0.572. The van der Waals surface area contributed by atoms with E-state index < -0.39 is 20.5 Å². The van der Waals surface area contributed by atoms with Crippen LogP contribution in [0.4, 0.5) is 5.69 Å². The van der Waals surface area contributed by atoms with Crippen molar-refractivity contribution in [3.63, 3.8) is 0 Å². The van der Waals surface area contributed by atoms with Crippen LogP contribution in [0.2, 0.25) is 0 Å². The molecule has 1 unspecified atom stereocenters. The molecule has 1 aliphatic rings. The molecule has 7 nitrogen and oxygen atoms in total. The molecule has 0 spiro atoms. The standard InChI is InChI=1S/C13H19N3O4S.ClH/c1-13(9-14,11-4-5-11)15-21(19,20)8-10-2-6-12(7-3-10)16(17)18;/h2-3,6-7,11,15H,4-5,8-9,14H2,1H3;1H. The molecule has 1 aromatic carbocycles. The van der Waals surface area contributed by atoms with Gasteiger partial charge in [-0.25, -0.2) is 13.1 Å². The van der Waals surface area contributed by atoms with Crippen LogP contribution in [0, 0.1) is 16.0 Å². The minimum Gasteiger partial charge on any atom is -0.329 e. The predicted octanol–water partition coefficient (Wildman–Crippen LogP) is 1.56. The molecule has 0 saturated heterocycles. The van der Waals surface area contributed by atoms with Crippen molar-refractivity contribution in [2.45, 2.75) is 31.1 Å². The molecular weight excluding hydrogens is 330 g/mol. The zero-order valence-electron chi connectivity index (χ0n) is 12.2. The molecule has 3 N–H and O–H groups in total. The highest BCUT2D eigenvalue weighted by Crippen LogP contribution is 2.39. The van der Waals surface area contributed by atoms with Gasteiger partial charge in [0, 0.05) is 24.2 Å². The first-order valence-electron chi connectivity index (χ1n) is 6.71. The Morgan fingerprint density at radius 3 is 2.32 bits per heavy atom.